The number of pyridine rings is 2. The molecule has 4 rings (SSSR count). The molecular weight excluding hydrogens is 456 g/mol. The van der Waals surface area contributed by atoms with E-state index in [1.54, 1.807) is 53.6 Å². The van der Waals surface area contributed by atoms with Crippen molar-refractivity contribution >= 4 is 11.8 Å². The van der Waals surface area contributed by atoms with Crippen LogP contribution in [0.4, 0.5) is 0 Å². The number of amides is 2. The Kier molecular flexibility index (Phi) is 7.64. The summed E-state index contributed by atoms with van der Waals surface area (Å²) < 4.78 is 6.32. The standard InChI is InChI=1S/C28H32N4O4/c1-18-5-7-21(8-6-18)23-13-24-26(30-14-23)36-25(19(2)15-32(28(24)35)20(3)17-33)16-31(4)27(34)22-9-11-29-12-10-22/h5-14,19-20,25,33H,15-17H2,1-4H3/t19-,20+,25-/m1/s1. The molecule has 8 heteroatoms. The molecule has 0 unspecified atom stereocenters. The highest BCUT2D eigenvalue weighted by Gasteiger charge is 2.35. The van der Waals surface area contributed by atoms with Crippen LogP contribution in [0.5, 0.6) is 5.88 Å². The van der Waals surface area contributed by atoms with Gasteiger partial charge in [0.15, 0.2) is 0 Å². The van der Waals surface area contributed by atoms with E-state index in [1.807, 2.05) is 45.0 Å². The first-order valence-corrected chi connectivity index (χ1v) is 12.1. The van der Waals surface area contributed by atoms with E-state index >= 15 is 0 Å². The Morgan fingerprint density at radius 1 is 1.19 bits per heavy atom. The van der Waals surface area contributed by atoms with Gasteiger partial charge in [0.1, 0.15) is 11.7 Å². The molecular formula is C28H32N4O4. The van der Waals surface area contributed by atoms with Gasteiger partial charge in [0, 0.05) is 49.2 Å². The number of carbonyl (C=O) groups is 2. The molecule has 3 aromatic rings. The van der Waals surface area contributed by atoms with E-state index in [0.717, 1.165) is 16.7 Å². The second-order valence-corrected chi connectivity index (χ2v) is 9.49. The van der Waals surface area contributed by atoms with Crippen molar-refractivity contribution in [3.63, 3.8) is 0 Å². The van der Waals surface area contributed by atoms with Crippen LogP contribution in [0, 0.1) is 12.8 Å². The monoisotopic (exact) mass is 488 g/mol. The van der Waals surface area contributed by atoms with Crippen molar-refractivity contribution < 1.29 is 19.4 Å². The lowest BCUT2D eigenvalue weighted by Gasteiger charge is -2.37. The fraction of sp³-hybridized carbons (Fsp3) is 0.357. The van der Waals surface area contributed by atoms with Crippen LogP contribution in [0.2, 0.25) is 0 Å². The number of ether oxygens (including phenoxy) is 1. The summed E-state index contributed by atoms with van der Waals surface area (Å²) in [6.45, 7) is 6.33. The quantitative estimate of drug-likeness (QED) is 0.571. The lowest BCUT2D eigenvalue weighted by atomic mass is 9.99. The number of carbonyl (C=O) groups excluding carboxylic acids is 2. The molecule has 0 spiro atoms. The van der Waals surface area contributed by atoms with Gasteiger partial charge in [0.05, 0.1) is 19.2 Å². The molecule has 1 aliphatic heterocycles. The summed E-state index contributed by atoms with van der Waals surface area (Å²) in [6.07, 6.45) is 4.45. The molecule has 36 heavy (non-hydrogen) atoms. The van der Waals surface area contributed by atoms with Crippen molar-refractivity contribution in [2.24, 2.45) is 5.92 Å². The molecule has 0 saturated carbocycles. The van der Waals surface area contributed by atoms with E-state index in [-0.39, 0.29) is 36.3 Å². The Hall–Kier alpha value is -3.78. The number of likely N-dealkylation sites (N-methyl/N-ethyl adjacent to an activating group) is 1. The first-order valence-electron chi connectivity index (χ1n) is 12.1. The van der Waals surface area contributed by atoms with Crippen molar-refractivity contribution in [2.45, 2.75) is 32.9 Å². The summed E-state index contributed by atoms with van der Waals surface area (Å²) in [4.78, 5) is 38.4. The molecule has 2 aromatic heterocycles. The number of hydrogen-bond donors (Lipinski definition) is 1. The highest BCUT2D eigenvalue weighted by Crippen LogP contribution is 2.30. The summed E-state index contributed by atoms with van der Waals surface area (Å²) in [5, 5.41) is 9.87. The van der Waals surface area contributed by atoms with Gasteiger partial charge in [0.2, 0.25) is 5.88 Å². The Morgan fingerprint density at radius 2 is 1.89 bits per heavy atom. The molecule has 0 radical (unpaired) electrons. The molecule has 2 amide bonds. The number of hydrogen-bond acceptors (Lipinski definition) is 6. The van der Waals surface area contributed by atoms with E-state index in [4.69, 9.17) is 4.74 Å². The lowest BCUT2D eigenvalue weighted by Crippen LogP contribution is -2.50. The summed E-state index contributed by atoms with van der Waals surface area (Å²) >= 11 is 0. The predicted octanol–water partition coefficient (Wildman–Crippen LogP) is 3.44. The maximum absolute atomic E-state index is 13.6. The average Bonchev–Trinajstić information content (AvgIpc) is 2.90. The molecule has 3 heterocycles. The zero-order chi connectivity index (χ0) is 25.8. The molecule has 0 saturated heterocycles. The highest BCUT2D eigenvalue weighted by atomic mass is 16.5. The van der Waals surface area contributed by atoms with E-state index < -0.39 is 6.10 Å². The minimum atomic E-state index is -0.418. The SMILES string of the molecule is Cc1ccc(-c2cnc3c(c2)C(=O)N([C@@H](C)CO)C[C@@H](C)[C@@H](CN(C)C(=O)c2ccncc2)O3)cc1. The van der Waals surface area contributed by atoms with Crippen molar-refractivity contribution in [3.8, 4) is 17.0 Å². The number of benzene rings is 1. The fourth-order valence-electron chi connectivity index (χ4n) is 4.29. The number of aromatic nitrogens is 2. The van der Waals surface area contributed by atoms with Crippen LogP contribution in [-0.2, 0) is 0 Å². The zero-order valence-corrected chi connectivity index (χ0v) is 21.1. The van der Waals surface area contributed by atoms with Crippen LogP contribution in [-0.4, -0.2) is 75.6 Å². The van der Waals surface area contributed by atoms with Crippen LogP contribution in [0.3, 0.4) is 0 Å². The van der Waals surface area contributed by atoms with Crippen molar-refractivity contribution in [1.29, 1.82) is 0 Å². The van der Waals surface area contributed by atoms with Gasteiger partial charge in [-0.2, -0.15) is 0 Å². The average molecular weight is 489 g/mol. The van der Waals surface area contributed by atoms with Crippen LogP contribution in [0.25, 0.3) is 11.1 Å². The minimum Gasteiger partial charge on any atom is -0.472 e. The number of fused-ring (bicyclic) bond motifs is 1. The van der Waals surface area contributed by atoms with Crippen molar-refractivity contribution in [1.82, 2.24) is 19.8 Å². The largest absolute Gasteiger partial charge is 0.472 e. The molecule has 0 fully saturated rings. The molecule has 188 valence electrons. The topological polar surface area (TPSA) is 95.9 Å². The van der Waals surface area contributed by atoms with Crippen molar-refractivity contribution in [3.05, 3.63) is 77.7 Å². The molecule has 1 N–H and O–H groups in total. The summed E-state index contributed by atoms with van der Waals surface area (Å²) in [5.74, 6) is -0.274. The second kappa shape index (κ2) is 10.9. The third-order valence-electron chi connectivity index (χ3n) is 6.63. The molecule has 1 aromatic carbocycles. The number of aliphatic hydroxyl groups excluding tert-OH is 1. The summed E-state index contributed by atoms with van der Waals surface area (Å²) in [7, 11) is 1.73. The van der Waals surface area contributed by atoms with E-state index in [0.29, 0.717) is 24.2 Å². The van der Waals surface area contributed by atoms with Gasteiger partial charge in [-0.15, -0.1) is 0 Å². The second-order valence-electron chi connectivity index (χ2n) is 9.49. The lowest BCUT2D eigenvalue weighted by molar-refractivity contribution is 0.0313. The fourth-order valence-corrected chi connectivity index (χ4v) is 4.29. The van der Waals surface area contributed by atoms with Crippen LogP contribution < -0.4 is 4.74 Å². The smallest absolute Gasteiger partial charge is 0.259 e. The van der Waals surface area contributed by atoms with Gasteiger partial charge in [-0.05, 0) is 37.6 Å². The summed E-state index contributed by atoms with van der Waals surface area (Å²) in [6, 6.07) is 12.8. The molecule has 8 nitrogen and oxygen atoms in total. The Balaban J connectivity index is 1.68. The Labute approximate surface area is 211 Å². The van der Waals surface area contributed by atoms with Gasteiger partial charge in [0.25, 0.3) is 11.8 Å². The van der Waals surface area contributed by atoms with Crippen LogP contribution in [0.15, 0.2) is 61.1 Å². The van der Waals surface area contributed by atoms with E-state index in [1.165, 1.54) is 0 Å². The van der Waals surface area contributed by atoms with Gasteiger partial charge < -0.3 is 19.6 Å². The number of aliphatic hydroxyl groups is 1. The number of nitrogens with zero attached hydrogens (tertiary/aromatic N) is 4. The maximum atomic E-state index is 13.6. The van der Waals surface area contributed by atoms with Gasteiger partial charge in [-0.3, -0.25) is 14.6 Å². The Bertz CT molecular complexity index is 1220. The van der Waals surface area contributed by atoms with Crippen LogP contribution >= 0.6 is 0 Å². The Morgan fingerprint density at radius 3 is 2.56 bits per heavy atom. The van der Waals surface area contributed by atoms with Crippen LogP contribution in [0.1, 0.15) is 40.1 Å². The first kappa shape index (κ1) is 25.3. The third kappa shape index (κ3) is 5.39. The first-order chi connectivity index (χ1) is 17.3. The molecule has 1 aliphatic rings. The highest BCUT2D eigenvalue weighted by molar-refractivity contribution is 5.98. The maximum Gasteiger partial charge on any atom is 0.259 e. The molecule has 3 atom stereocenters. The predicted molar refractivity (Wildman–Crippen MR) is 137 cm³/mol. The third-order valence-corrected chi connectivity index (χ3v) is 6.63. The zero-order valence-electron chi connectivity index (χ0n) is 21.1. The normalized spacial score (nSPS) is 18.5. The van der Waals surface area contributed by atoms with E-state index in [2.05, 4.69) is 9.97 Å². The van der Waals surface area contributed by atoms with Gasteiger partial charge in [-0.1, -0.05) is 36.8 Å². The minimum absolute atomic E-state index is 0.123. The molecule has 0 aliphatic carbocycles. The van der Waals surface area contributed by atoms with Gasteiger partial charge in [-0.25, -0.2) is 4.98 Å². The number of rotatable bonds is 6. The number of aryl methyl sites for hydroxylation is 1. The molecule has 0 bridgehead atoms. The summed E-state index contributed by atoms with van der Waals surface area (Å²) in [5.41, 5.74) is 3.77. The van der Waals surface area contributed by atoms with E-state index in [9.17, 15) is 14.7 Å². The van der Waals surface area contributed by atoms with Gasteiger partial charge >= 0.3 is 0 Å². The van der Waals surface area contributed by atoms with Crippen molar-refractivity contribution in [2.75, 3.05) is 26.7 Å².